The van der Waals surface area contributed by atoms with E-state index in [2.05, 4.69) is 26.6 Å². The first-order valence-electron chi connectivity index (χ1n) is 9.49. The SMILES string of the molecule is Cc1cc(C(=O)NC(CC23CC(C2)C3)C(=O)NNC[C@@H]2CCNC2=O)no1. The third-order valence-corrected chi connectivity index (χ3v) is 6.01. The summed E-state index contributed by atoms with van der Waals surface area (Å²) in [6.45, 7) is 2.74. The summed E-state index contributed by atoms with van der Waals surface area (Å²) in [7, 11) is 0. The Morgan fingerprint density at radius 2 is 2.19 bits per heavy atom. The molecular formula is C18H25N5O4. The Balaban J connectivity index is 1.34. The van der Waals surface area contributed by atoms with E-state index in [0.29, 0.717) is 25.3 Å². The van der Waals surface area contributed by atoms with Crippen molar-refractivity contribution >= 4 is 17.7 Å². The minimum atomic E-state index is -0.652. The fraction of sp³-hybridized carbons (Fsp3) is 0.667. The Bertz CT molecular complexity index is 744. The van der Waals surface area contributed by atoms with Crippen molar-refractivity contribution in [2.24, 2.45) is 17.3 Å². The highest BCUT2D eigenvalue weighted by Gasteiger charge is 2.57. The molecule has 2 bridgehead atoms. The van der Waals surface area contributed by atoms with Gasteiger partial charge < -0.3 is 15.2 Å². The van der Waals surface area contributed by atoms with Gasteiger partial charge in [0.05, 0.1) is 5.92 Å². The number of hydrogen-bond donors (Lipinski definition) is 4. The fourth-order valence-electron chi connectivity index (χ4n) is 4.44. The van der Waals surface area contributed by atoms with E-state index in [1.54, 1.807) is 13.0 Å². The summed E-state index contributed by atoms with van der Waals surface area (Å²) in [6, 6.07) is 0.892. The van der Waals surface area contributed by atoms with Crippen molar-refractivity contribution in [3.8, 4) is 0 Å². The van der Waals surface area contributed by atoms with E-state index in [0.717, 1.165) is 31.6 Å². The second-order valence-corrected chi connectivity index (χ2v) is 8.18. The molecule has 0 radical (unpaired) electrons. The van der Waals surface area contributed by atoms with Crippen LogP contribution in [0.15, 0.2) is 10.6 Å². The van der Waals surface area contributed by atoms with Gasteiger partial charge in [0, 0.05) is 19.2 Å². The maximum atomic E-state index is 12.7. The lowest BCUT2D eigenvalue weighted by Crippen LogP contribution is -2.59. The number of hydrogen-bond acceptors (Lipinski definition) is 6. The van der Waals surface area contributed by atoms with Gasteiger partial charge in [0.2, 0.25) is 5.91 Å². The molecule has 4 N–H and O–H groups in total. The largest absolute Gasteiger partial charge is 0.361 e. The summed E-state index contributed by atoms with van der Waals surface area (Å²) in [5, 5.41) is 9.27. The van der Waals surface area contributed by atoms with Gasteiger partial charge >= 0.3 is 0 Å². The van der Waals surface area contributed by atoms with Crippen molar-refractivity contribution in [2.75, 3.05) is 13.1 Å². The van der Waals surface area contributed by atoms with Gasteiger partial charge in [-0.1, -0.05) is 5.16 Å². The van der Waals surface area contributed by atoms with Crippen LogP contribution in [0.4, 0.5) is 0 Å². The summed E-state index contributed by atoms with van der Waals surface area (Å²) >= 11 is 0. The first-order valence-corrected chi connectivity index (χ1v) is 9.49. The van der Waals surface area contributed by atoms with Crippen molar-refractivity contribution in [1.82, 2.24) is 26.6 Å². The molecule has 1 aliphatic heterocycles. The molecule has 27 heavy (non-hydrogen) atoms. The van der Waals surface area contributed by atoms with Gasteiger partial charge in [-0.3, -0.25) is 19.8 Å². The first-order chi connectivity index (χ1) is 12.9. The molecule has 2 heterocycles. The molecule has 3 aliphatic carbocycles. The topological polar surface area (TPSA) is 125 Å². The summed E-state index contributed by atoms with van der Waals surface area (Å²) in [4.78, 5) is 36.7. The van der Waals surface area contributed by atoms with E-state index >= 15 is 0 Å². The smallest absolute Gasteiger partial charge is 0.274 e. The first kappa shape index (κ1) is 18.0. The number of carbonyl (C=O) groups is 3. The number of nitrogens with zero attached hydrogens (tertiary/aromatic N) is 1. The second-order valence-electron chi connectivity index (χ2n) is 8.18. The highest BCUT2D eigenvalue weighted by molar-refractivity contribution is 5.96. The Morgan fingerprint density at radius 1 is 1.41 bits per heavy atom. The molecule has 3 amide bonds. The lowest BCUT2D eigenvalue weighted by Gasteiger charge is -2.63. The maximum Gasteiger partial charge on any atom is 0.274 e. The molecule has 2 atom stereocenters. The zero-order chi connectivity index (χ0) is 19.0. The van der Waals surface area contributed by atoms with Crippen molar-refractivity contribution < 1.29 is 18.9 Å². The van der Waals surface area contributed by atoms with E-state index in [9.17, 15) is 14.4 Å². The molecular weight excluding hydrogens is 350 g/mol. The third kappa shape index (κ3) is 3.69. The Kier molecular flexibility index (Phi) is 4.63. The van der Waals surface area contributed by atoms with Crippen LogP contribution in [0.1, 0.15) is 48.4 Å². The quantitative estimate of drug-likeness (QED) is 0.475. The van der Waals surface area contributed by atoms with Crippen molar-refractivity contribution in [3.05, 3.63) is 17.5 Å². The highest BCUT2D eigenvalue weighted by atomic mass is 16.5. The molecule has 9 nitrogen and oxygen atoms in total. The highest BCUT2D eigenvalue weighted by Crippen LogP contribution is 2.66. The number of nitrogens with one attached hydrogen (secondary N) is 4. The van der Waals surface area contributed by atoms with Crippen LogP contribution in [-0.4, -0.2) is 42.0 Å². The molecule has 0 aromatic carbocycles. The van der Waals surface area contributed by atoms with Gasteiger partial charge in [0.25, 0.3) is 11.8 Å². The van der Waals surface area contributed by atoms with Crippen LogP contribution in [0.5, 0.6) is 0 Å². The van der Waals surface area contributed by atoms with Gasteiger partial charge in [0.15, 0.2) is 5.69 Å². The van der Waals surface area contributed by atoms with Gasteiger partial charge in [-0.25, -0.2) is 5.43 Å². The molecule has 4 fully saturated rings. The van der Waals surface area contributed by atoms with Gasteiger partial charge in [-0.05, 0) is 50.4 Å². The molecule has 5 rings (SSSR count). The zero-order valence-electron chi connectivity index (χ0n) is 15.3. The average molecular weight is 375 g/mol. The second kappa shape index (κ2) is 6.95. The molecule has 0 spiro atoms. The van der Waals surface area contributed by atoms with Crippen LogP contribution in [0.25, 0.3) is 0 Å². The summed E-state index contributed by atoms with van der Waals surface area (Å²) in [6.07, 6.45) is 4.75. The molecule has 9 heteroatoms. The van der Waals surface area contributed by atoms with Crippen LogP contribution < -0.4 is 21.5 Å². The maximum absolute atomic E-state index is 12.7. The summed E-state index contributed by atoms with van der Waals surface area (Å²) in [5.41, 5.74) is 5.85. The molecule has 3 saturated carbocycles. The lowest BCUT2D eigenvalue weighted by atomic mass is 9.43. The van der Waals surface area contributed by atoms with Gasteiger partial charge in [-0.2, -0.15) is 0 Å². The average Bonchev–Trinajstić information content (AvgIpc) is 3.17. The van der Waals surface area contributed by atoms with E-state index in [1.807, 2.05) is 0 Å². The molecule has 1 saturated heterocycles. The van der Waals surface area contributed by atoms with Crippen LogP contribution in [0, 0.1) is 24.2 Å². The molecule has 4 aliphatic rings. The van der Waals surface area contributed by atoms with Crippen LogP contribution in [-0.2, 0) is 9.59 Å². The standard InChI is InChI=1S/C18H25N5O4/c1-10-4-13(23-27-10)16(25)21-14(8-18-5-11(6-18)7-18)17(26)22-20-9-12-2-3-19-15(12)24/h4,11-12,14,20H,2-3,5-9H2,1H3,(H,19,24)(H,21,25)(H,22,26)/t11?,12-,14?,18?/m0/s1. The van der Waals surface area contributed by atoms with Crippen LogP contribution >= 0.6 is 0 Å². The zero-order valence-corrected chi connectivity index (χ0v) is 15.3. The minimum Gasteiger partial charge on any atom is -0.361 e. The normalized spacial score (nSPS) is 29.3. The van der Waals surface area contributed by atoms with E-state index in [1.165, 1.54) is 0 Å². The Morgan fingerprint density at radius 3 is 2.74 bits per heavy atom. The number of aromatic nitrogens is 1. The Labute approximate surface area is 157 Å². The number of hydrazine groups is 1. The minimum absolute atomic E-state index is 0.00290. The predicted molar refractivity (Wildman–Crippen MR) is 94.1 cm³/mol. The van der Waals surface area contributed by atoms with Crippen LogP contribution in [0.3, 0.4) is 0 Å². The molecule has 1 aromatic heterocycles. The number of carbonyl (C=O) groups excluding carboxylic acids is 3. The van der Waals surface area contributed by atoms with Crippen LogP contribution in [0.2, 0.25) is 0 Å². The van der Waals surface area contributed by atoms with E-state index in [-0.39, 0.29) is 28.8 Å². The number of aryl methyl sites for hydroxylation is 1. The van der Waals surface area contributed by atoms with Crippen molar-refractivity contribution in [1.29, 1.82) is 0 Å². The molecule has 146 valence electrons. The number of rotatable bonds is 8. The fourth-order valence-corrected chi connectivity index (χ4v) is 4.44. The third-order valence-electron chi connectivity index (χ3n) is 6.01. The molecule has 1 aromatic rings. The molecule has 1 unspecified atom stereocenters. The monoisotopic (exact) mass is 375 g/mol. The number of amides is 3. The van der Waals surface area contributed by atoms with Gasteiger partial charge in [0.1, 0.15) is 11.8 Å². The Hall–Kier alpha value is -2.42. The van der Waals surface area contributed by atoms with E-state index in [4.69, 9.17) is 4.52 Å². The van der Waals surface area contributed by atoms with E-state index < -0.39 is 11.9 Å². The van der Waals surface area contributed by atoms with Gasteiger partial charge in [-0.15, -0.1) is 0 Å². The van der Waals surface area contributed by atoms with Crippen molar-refractivity contribution in [3.63, 3.8) is 0 Å². The summed E-state index contributed by atoms with van der Waals surface area (Å²) < 4.78 is 4.94. The van der Waals surface area contributed by atoms with Crippen molar-refractivity contribution in [2.45, 2.75) is 45.1 Å². The lowest BCUT2D eigenvalue weighted by molar-refractivity contribution is -0.137. The summed E-state index contributed by atoms with van der Waals surface area (Å²) in [5.74, 6) is 0.463. The predicted octanol–water partition coefficient (Wildman–Crippen LogP) is 0.0285.